The van der Waals surface area contributed by atoms with Gasteiger partial charge in [-0.05, 0) is 71.8 Å². The van der Waals surface area contributed by atoms with Crippen LogP contribution < -0.4 is 0 Å². The molecule has 0 saturated heterocycles. The fraction of sp³-hybridized carbons (Fsp3) is 0. The van der Waals surface area contributed by atoms with Crippen molar-refractivity contribution in [3.8, 4) is 16.8 Å². The molecule has 0 aliphatic rings. The lowest BCUT2D eigenvalue weighted by atomic mass is 10.0. The first kappa shape index (κ1) is 18.7. The summed E-state index contributed by atoms with van der Waals surface area (Å²) in [7, 11) is 0. The topological polar surface area (TPSA) is 18.1 Å². The molecule has 5 aromatic carbocycles. The van der Waals surface area contributed by atoms with Gasteiger partial charge in [0.05, 0.1) is 11.0 Å². The molecule has 0 N–H and O–H groups in total. The summed E-state index contributed by atoms with van der Waals surface area (Å²) >= 11 is 3.54. The van der Waals surface area contributed by atoms with Crippen LogP contribution in [-0.2, 0) is 0 Å². The van der Waals surface area contributed by atoms with Crippen LogP contribution in [0.3, 0.4) is 0 Å². The SMILES string of the molecule is Brc1ccc2c(c1)oc1ccc(-c3ccc4c(c3)c3ccccc3n4-c3ccccc3)cc12. The lowest BCUT2D eigenvalue weighted by Gasteiger charge is -2.08. The van der Waals surface area contributed by atoms with Gasteiger partial charge in [-0.3, -0.25) is 0 Å². The van der Waals surface area contributed by atoms with Gasteiger partial charge >= 0.3 is 0 Å². The molecule has 0 unspecified atom stereocenters. The first-order valence-electron chi connectivity index (χ1n) is 11.0. The highest BCUT2D eigenvalue weighted by Gasteiger charge is 2.14. The number of hydrogen-bond donors (Lipinski definition) is 0. The van der Waals surface area contributed by atoms with Crippen LogP contribution in [0, 0.1) is 0 Å². The molecular formula is C30H18BrNO. The molecule has 2 aromatic heterocycles. The molecule has 0 fully saturated rings. The highest BCUT2D eigenvalue weighted by molar-refractivity contribution is 9.10. The Morgan fingerprint density at radius 1 is 0.515 bits per heavy atom. The molecule has 2 nitrogen and oxygen atoms in total. The Balaban J connectivity index is 1.47. The van der Waals surface area contributed by atoms with Crippen LogP contribution in [0.1, 0.15) is 0 Å². The Labute approximate surface area is 198 Å². The largest absolute Gasteiger partial charge is 0.456 e. The van der Waals surface area contributed by atoms with E-state index in [0.29, 0.717) is 0 Å². The molecule has 33 heavy (non-hydrogen) atoms. The molecule has 0 aliphatic carbocycles. The second-order valence-corrected chi connectivity index (χ2v) is 9.29. The number of furan rings is 1. The van der Waals surface area contributed by atoms with E-state index in [0.717, 1.165) is 26.4 Å². The number of hydrogen-bond acceptors (Lipinski definition) is 1. The maximum absolute atomic E-state index is 6.07. The summed E-state index contributed by atoms with van der Waals surface area (Å²) in [4.78, 5) is 0. The van der Waals surface area contributed by atoms with Gasteiger partial charge in [0.2, 0.25) is 0 Å². The summed E-state index contributed by atoms with van der Waals surface area (Å²) < 4.78 is 9.44. The van der Waals surface area contributed by atoms with Crippen LogP contribution >= 0.6 is 15.9 Å². The normalized spacial score (nSPS) is 11.8. The van der Waals surface area contributed by atoms with E-state index < -0.39 is 0 Å². The standard InChI is InChI=1S/C30H18BrNO/c31-21-12-13-24-26-17-20(11-15-29(26)33-30(24)18-21)19-10-14-28-25(16-19)23-8-4-5-9-27(23)32(28)22-6-2-1-3-7-22/h1-18H. The molecule has 156 valence electrons. The highest BCUT2D eigenvalue weighted by Crippen LogP contribution is 2.37. The van der Waals surface area contributed by atoms with Crippen molar-refractivity contribution < 1.29 is 4.42 Å². The summed E-state index contributed by atoms with van der Waals surface area (Å²) in [6.07, 6.45) is 0. The minimum atomic E-state index is 0.901. The molecule has 0 bridgehead atoms. The minimum absolute atomic E-state index is 0.901. The number of halogens is 1. The van der Waals surface area contributed by atoms with E-state index in [1.54, 1.807) is 0 Å². The monoisotopic (exact) mass is 487 g/mol. The van der Waals surface area contributed by atoms with Gasteiger partial charge in [-0.1, -0.05) is 64.5 Å². The molecule has 0 aliphatic heterocycles. The van der Waals surface area contributed by atoms with E-state index in [-0.39, 0.29) is 0 Å². The lowest BCUT2D eigenvalue weighted by molar-refractivity contribution is 0.668. The van der Waals surface area contributed by atoms with Crippen LogP contribution in [-0.4, -0.2) is 4.57 Å². The zero-order chi connectivity index (χ0) is 21.9. The average molecular weight is 488 g/mol. The zero-order valence-corrected chi connectivity index (χ0v) is 19.2. The van der Waals surface area contributed by atoms with E-state index in [9.17, 15) is 0 Å². The Hall–Kier alpha value is -3.82. The third kappa shape index (κ3) is 2.86. The highest BCUT2D eigenvalue weighted by atomic mass is 79.9. The fourth-order valence-corrected chi connectivity index (χ4v) is 5.28. The van der Waals surface area contributed by atoms with Crippen molar-refractivity contribution in [3.63, 3.8) is 0 Å². The number of benzene rings is 5. The summed E-state index contributed by atoms with van der Waals surface area (Å²) in [5.41, 5.74) is 7.81. The second-order valence-electron chi connectivity index (χ2n) is 8.37. The van der Waals surface area contributed by atoms with Crippen LogP contribution in [0.2, 0.25) is 0 Å². The molecule has 0 atom stereocenters. The average Bonchev–Trinajstić information content (AvgIpc) is 3.38. The molecule has 0 spiro atoms. The first-order chi connectivity index (χ1) is 16.3. The van der Waals surface area contributed by atoms with E-state index in [1.165, 1.54) is 38.6 Å². The number of nitrogens with zero attached hydrogens (tertiary/aromatic N) is 1. The molecular weight excluding hydrogens is 470 g/mol. The molecule has 3 heteroatoms. The molecule has 2 heterocycles. The third-order valence-corrected chi connectivity index (χ3v) is 6.95. The van der Waals surface area contributed by atoms with Gasteiger partial charge in [0, 0.05) is 31.7 Å². The first-order valence-corrected chi connectivity index (χ1v) is 11.8. The lowest BCUT2D eigenvalue weighted by Crippen LogP contribution is -1.92. The maximum Gasteiger partial charge on any atom is 0.136 e. The van der Waals surface area contributed by atoms with Crippen molar-refractivity contribution in [3.05, 3.63) is 114 Å². The van der Waals surface area contributed by atoms with Crippen molar-refractivity contribution in [1.82, 2.24) is 4.57 Å². The predicted molar refractivity (Wildman–Crippen MR) is 141 cm³/mol. The van der Waals surface area contributed by atoms with E-state index in [2.05, 4.69) is 124 Å². The van der Waals surface area contributed by atoms with Gasteiger partial charge in [-0.2, -0.15) is 0 Å². The van der Waals surface area contributed by atoms with E-state index >= 15 is 0 Å². The second kappa shape index (κ2) is 7.09. The summed E-state index contributed by atoms with van der Waals surface area (Å²) in [6, 6.07) is 38.7. The zero-order valence-electron chi connectivity index (χ0n) is 17.6. The van der Waals surface area contributed by atoms with Crippen LogP contribution in [0.25, 0.3) is 60.6 Å². The number of rotatable bonds is 2. The van der Waals surface area contributed by atoms with Gasteiger partial charge in [-0.25, -0.2) is 0 Å². The van der Waals surface area contributed by atoms with Gasteiger partial charge in [-0.15, -0.1) is 0 Å². The van der Waals surface area contributed by atoms with Crippen molar-refractivity contribution >= 4 is 59.7 Å². The fourth-order valence-electron chi connectivity index (χ4n) is 4.94. The Bertz CT molecular complexity index is 1830. The molecule has 0 amide bonds. The maximum atomic E-state index is 6.07. The Morgan fingerprint density at radius 3 is 2.12 bits per heavy atom. The van der Waals surface area contributed by atoms with Gasteiger partial charge < -0.3 is 8.98 Å². The number of fused-ring (bicyclic) bond motifs is 6. The third-order valence-electron chi connectivity index (χ3n) is 6.45. The Kier molecular flexibility index (Phi) is 4.02. The molecule has 7 aromatic rings. The molecule has 0 saturated carbocycles. The summed E-state index contributed by atoms with van der Waals surface area (Å²) in [6.45, 7) is 0. The van der Waals surface area contributed by atoms with Crippen molar-refractivity contribution in [2.45, 2.75) is 0 Å². The molecule has 0 radical (unpaired) electrons. The molecule has 7 rings (SSSR count). The van der Waals surface area contributed by atoms with Gasteiger partial charge in [0.25, 0.3) is 0 Å². The van der Waals surface area contributed by atoms with Crippen LogP contribution in [0.15, 0.2) is 118 Å². The van der Waals surface area contributed by atoms with Crippen molar-refractivity contribution in [2.75, 3.05) is 0 Å². The summed E-state index contributed by atoms with van der Waals surface area (Å²) in [5.74, 6) is 0. The summed E-state index contributed by atoms with van der Waals surface area (Å²) in [5, 5.41) is 4.80. The minimum Gasteiger partial charge on any atom is -0.456 e. The van der Waals surface area contributed by atoms with E-state index in [4.69, 9.17) is 4.42 Å². The van der Waals surface area contributed by atoms with E-state index in [1.807, 2.05) is 6.07 Å². The van der Waals surface area contributed by atoms with Crippen LogP contribution in [0.5, 0.6) is 0 Å². The Morgan fingerprint density at radius 2 is 1.24 bits per heavy atom. The van der Waals surface area contributed by atoms with Crippen LogP contribution in [0.4, 0.5) is 0 Å². The van der Waals surface area contributed by atoms with Crippen molar-refractivity contribution in [2.24, 2.45) is 0 Å². The predicted octanol–water partition coefficient (Wildman–Crippen LogP) is 9.11. The van der Waals surface area contributed by atoms with Gasteiger partial charge in [0.1, 0.15) is 11.2 Å². The van der Waals surface area contributed by atoms with Crippen molar-refractivity contribution in [1.29, 1.82) is 0 Å². The number of aromatic nitrogens is 1. The van der Waals surface area contributed by atoms with Gasteiger partial charge in [0.15, 0.2) is 0 Å². The smallest absolute Gasteiger partial charge is 0.136 e. The quantitative estimate of drug-likeness (QED) is 0.237. The number of para-hydroxylation sites is 2.